The molecule has 0 aliphatic carbocycles. The first kappa shape index (κ1) is 17.9. The number of benzene rings is 2. The van der Waals surface area contributed by atoms with E-state index in [0.717, 1.165) is 25.8 Å². The van der Waals surface area contributed by atoms with Crippen LogP contribution >= 0.6 is 27.3 Å². The van der Waals surface area contributed by atoms with Gasteiger partial charge in [0.2, 0.25) is 0 Å². The molecule has 1 amide bonds. The Bertz CT molecular complexity index is 1100. The summed E-state index contributed by atoms with van der Waals surface area (Å²) in [6, 6.07) is 15.9. The molecule has 0 saturated carbocycles. The molecule has 0 aliphatic rings. The molecule has 7 heteroatoms. The third-order valence-corrected chi connectivity index (χ3v) is 5.86. The highest BCUT2D eigenvalue weighted by molar-refractivity contribution is 9.10. The number of hydrogen-bond acceptors (Lipinski definition) is 4. The molecule has 2 aromatic heterocycles. The van der Waals surface area contributed by atoms with Crippen molar-refractivity contribution in [1.29, 1.82) is 0 Å². The summed E-state index contributed by atoms with van der Waals surface area (Å²) in [4.78, 5) is 19.9. The van der Waals surface area contributed by atoms with Crippen molar-refractivity contribution in [1.82, 2.24) is 14.8 Å². The second kappa shape index (κ2) is 7.25. The van der Waals surface area contributed by atoms with E-state index in [1.54, 1.807) is 22.8 Å². The molecule has 0 N–H and O–H groups in total. The number of aryl methyl sites for hydroxylation is 2. The summed E-state index contributed by atoms with van der Waals surface area (Å²) in [5, 5.41) is 4.90. The molecule has 2 aromatic carbocycles. The highest BCUT2D eigenvalue weighted by Crippen LogP contribution is 2.32. The van der Waals surface area contributed by atoms with Crippen LogP contribution < -0.4 is 4.90 Å². The molecule has 27 heavy (non-hydrogen) atoms. The highest BCUT2D eigenvalue weighted by Gasteiger charge is 2.25. The summed E-state index contributed by atoms with van der Waals surface area (Å²) in [5.41, 5.74) is 3.35. The summed E-state index contributed by atoms with van der Waals surface area (Å²) in [6.07, 6.45) is 1.71. The maximum atomic E-state index is 13.4. The number of anilines is 1. The molecule has 136 valence electrons. The lowest BCUT2D eigenvalue weighted by atomic mass is 10.2. The van der Waals surface area contributed by atoms with Gasteiger partial charge in [-0.1, -0.05) is 57.6 Å². The average Bonchev–Trinajstić information content (AvgIpc) is 3.22. The molecule has 0 saturated heterocycles. The summed E-state index contributed by atoms with van der Waals surface area (Å²) >= 11 is 5.01. The molecule has 0 aliphatic heterocycles. The zero-order chi connectivity index (χ0) is 19.0. The number of fused-ring (bicyclic) bond motifs is 1. The summed E-state index contributed by atoms with van der Waals surface area (Å²) < 4.78 is 3.65. The van der Waals surface area contributed by atoms with E-state index in [0.29, 0.717) is 17.4 Å². The zero-order valence-corrected chi connectivity index (χ0v) is 17.3. The Labute approximate surface area is 169 Å². The second-order valence-electron chi connectivity index (χ2n) is 6.29. The Balaban J connectivity index is 1.80. The average molecular weight is 441 g/mol. The van der Waals surface area contributed by atoms with Crippen molar-refractivity contribution in [2.24, 2.45) is 7.05 Å². The Morgan fingerprint density at radius 2 is 2.00 bits per heavy atom. The van der Waals surface area contributed by atoms with Crippen molar-refractivity contribution in [2.75, 3.05) is 4.90 Å². The van der Waals surface area contributed by atoms with Gasteiger partial charge in [-0.3, -0.25) is 14.4 Å². The Hall–Kier alpha value is -2.51. The SMILES string of the molecule is Cc1cnn(C)c1C(=O)N(Cc1ccccc1)c1nc2ccc(Br)cc2s1. The molecule has 2 heterocycles. The predicted octanol–water partition coefficient (Wildman–Crippen LogP) is 4.95. The minimum Gasteiger partial charge on any atom is -0.278 e. The number of halogens is 1. The molecular formula is C20H17BrN4OS. The van der Waals surface area contributed by atoms with Crippen LogP contribution in [0.15, 0.2) is 59.2 Å². The van der Waals surface area contributed by atoms with Crippen molar-refractivity contribution >= 4 is 48.5 Å². The molecule has 0 radical (unpaired) electrons. The molecular weight excluding hydrogens is 424 g/mol. The highest BCUT2D eigenvalue weighted by atomic mass is 79.9. The first-order valence-electron chi connectivity index (χ1n) is 8.43. The van der Waals surface area contributed by atoms with Crippen LogP contribution in [0, 0.1) is 6.92 Å². The third-order valence-electron chi connectivity index (χ3n) is 4.32. The van der Waals surface area contributed by atoms with Gasteiger partial charge in [0.05, 0.1) is 23.0 Å². The van der Waals surface area contributed by atoms with Crippen LogP contribution in [0.2, 0.25) is 0 Å². The number of thiazole rings is 1. The minimum absolute atomic E-state index is 0.102. The number of amides is 1. The van der Waals surface area contributed by atoms with Gasteiger partial charge in [0, 0.05) is 11.5 Å². The topological polar surface area (TPSA) is 51.0 Å². The lowest BCUT2D eigenvalue weighted by molar-refractivity contribution is 0.0975. The van der Waals surface area contributed by atoms with E-state index in [-0.39, 0.29) is 5.91 Å². The van der Waals surface area contributed by atoms with Gasteiger partial charge in [0.15, 0.2) is 5.13 Å². The molecule has 0 bridgehead atoms. The van der Waals surface area contributed by atoms with Crippen LogP contribution in [0.25, 0.3) is 10.2 Å². The van der Waals surface area contributed by atoms with E-state index < -0.39 is 0 Å². The number of rotatable bonds is 4. The zero-order valence-electron chi connectivity index (χ0n) is 14.9. The van der Waals surface area contributed by atoms with E-state index in [9.17, 15) is 4.79 Å². The number of nitrogens with zero attached hydrogens (tertiary/aromatic N) is 4. The lowest BCUT2D eigenvalue weighted by Crippen LogP contribution is -2.32. The van der Waals surface area contributed by atoms with E-state index in [4.69, 9.17) is 4.98 Å². The third kappa shape index (κ3) is 3.52. The Morgan fingerprint density at radius 1 is 1.22 bits per heavy atom. The normalized spacial score (nSPS) is 11.1. The summed E-state index contributed by atoms with van der Waals surface area (Å²) in [5.74, 6) is -0.102. The number of hydrogen-bond donors (Lipinski definition) is 0. The Morgan fingerprint density at radius 3 is 2.70 bits per heavy atom. The number of carbonyl (C=O) groups excluding carboxylic acids is 1. The van der Waals surface area contributed by atoms with Gasteiger partial charge in [0.25, 0.3) is 5.91 Å². The van der Waals surface area contributed by atoms with Crippen LogP contribution in [-0.4, -0.2) is 20.7 Å². The smallest absolute Gasteiger partial charge is 0.278 e. The van der Waals surface area contributed by atoms with Gasteiger partial charge in [0.1, 0.15) is 5.69 Å². The minimum atomic E-state index is -0.102. The van der Waals surface area contributed by atoms with Gasteiger partial charge in [-0.25, -0.2) is 4.98 Å². The van der Waals surface area contributed by atoms with Crippen LogP contribution in [-0.2, 0) is 13.6 Å². The van der Waals surface area contributed by atoms with E-state index >= 15 is 0 Å². The first-order chi connectivity index (χ1) is 13.0. The van der Waals surface area contributed by atoms with E-state index in [2.05, 4.69) is 21.0 Å². The maximum Gasteiger partial charge on any atom is 0.278 e. The molecule has 5 nitrogen and oxygen atoms in total. The molecule has 0 fully saturated rings. The fourth-order valence-corrected chi connectivity index (χ4v) is 4.49. The van der Waals surface area contributed by atoms with Gasteiger partial charge >= 0.3 is 0 Å². The molecule has 4 rings (SSSR count). The fraction of sp³-hybridized carbons (Fsp3) is 0.150. The predicted molar refractivity (Wildman–Crippen MR) is 112 cm³/mol. The second-order valence-corrected chi connectivity index (χ2v) is 8.21. The lowest BCUT2D eigenvalue weighted by Gasteiger charge is -2.20. The van der Waals surface area contributed by atoms with Crippen LogP contribution in [0.3, 0.4) is 0 Å². The van der Waals surface area contributed by atoms with E-state index in [1.807, 2.05) is 55.5 Å². The molecule has 4 aromatic rings. The largest absolute Gasteiger partial charge is 0.278 e. The maximum absolute atomic E-state index is 13.4. The summed E-state index contributed by atoms with van der Waals surface area (Å²) in [7, 11) is 1.79. The van der Waals surface area contributed by atoms with Crippen LogP contribution in [0.1, 0.15) is 21.6 Å². The van der Waals surface area contributed by atoms with Gasteiger partial charge in [-0.15, -0.1) is 0 Å². The number of aromatic nitrogens is 3. The van der Waals surface area contributed by atoms with Gasteiger partial charge < -0.3 is 0 Å². The monoisotopic (exact) mass is 440 g/mol. The van der Waals surface area contributed by atoms with Crippen molar-refractivity contribution < 1.29 is 4.79 Å². The van der Waals surface area contributed by atoms with Crippen molar-refractivity contribution in [3.63, 3.8) is 0 Å². The van der Waals surface area contributed by atoms with Crippen molar-refractivity contribution in [3.05, 3.63) is 76.0 Å². The van der Waals surface area contributed by atoms with Gasteiger partial charge in [-0.2, -0.15) is 5.10 Å². The fourth-order valence-electron chi connectivity index (χ4n) is 2.98. The molecule has 0 atom stereocenters. The number of carbonyl (C=O) groups is 1. The molecule has 0 spiro atoms. The first-order valence-corrected chi connectivity index (χ1v) is 10.0. The van der Waals surface area contributed by atoms with Crippen LogP contribution in [0.5, 0.6) is 0 Å². The van der Waals surface area contributed by atoms with Crippen molar-refractivity contribution in [2.45, 2.75) is 13.5 Å². The standard InChI is InChI=1S/C20H17BrN4OS/c1-13-11-22-24(2)18(13)19(26)25(12-14-6-4-3-5-7-14)20-23-16-9-8-15(21)10-17(16)27-20/h3-11H,12H2,1-2H3. The summed E-state index contributed by atoms with van der Waals surface area (Å²) in [6.45, 7) is 2.35. The quantitative estimate of drug-likeness (QED) is 0.451. The molecule has 0 unspecified atom stereocenters. The van der Waals surface area contributed by atoms with Crippen LogP contribution in [0.4, 0.5) is 5.13 Å². The van der Waals surface area contributed by atoms with E-state index in [1.165, 1.54) is 11.3 Å². The Kier molecular flexibility index (Phi) is 4.80. The van der Waals surface area contributed by atoms with Gasteiger partial charge in [-0.05, 0) is 36.2 Å². The van der Waals surface area contributed by atoms with Crippen molar-refractivity contribution in [3.8, 4) is 0 Å².